The van der Waals surface area contributed by atoms with Crippen LogP contribution in [0.5, 0.6) is 5.75 Å². The van der Waals surface area contributed by atoms with E-state index in [-0.39, 0.29) is 18.4 Å². The molecule has 3 rings (SSSR count). The smallest absolute Gasteiger partial charge is 0.270 e. The van der Waals surface area contributed by atoms with E-state index in [0.29, 0.717) is 11.4 Å². The van der Waals surface area contributed by atoms with Crippen molar-refractivity contribution in [3.05, 3.63) is 59.3 Å². The number of aromatic amines is 1. The third kappa shape index (κ3) is 3.95. The quantitative estimate of drug-likeness (QED) is 0.727. The molecular weight excluding hydrogens is 342 g/mol. The van der Waals surface area contributed by atoms with E-state index in [4.69, 9.17) is 4.74 Å². The molecule has 6 heteroatoms. The number of ether oxygens (including phenoxy) is 1. The maximum absolute atomic E-state index is 12.7. The monoisotopic (exact) mass is 365 g/mol. The van der Waals surface area contributed by atoms with Crippen molar-refractivity contribution in [2.45, 2.75) is 13.8 Å². The first-order chi connectivity index (χ1) is 12.9. The van der Waals surface area contributed by atoms with Crippen LogP contribution >= 0.6 is 0 Å². The molecule has 1 heterocycles. The number of hydrogen-bond donors (Lipinski definition) is 2. The van der Waals surface area contributed by atoms with E-state index in [2.05, 4.69) is 10.3 Å². The predicted molar refractivity (Wildman–Crippen MR) is 106 cm³/mol. The lowest BCUT2D eigenvalue weighted by molar-refractivity contribution is -0.116. The van der Waals surface area contributed by atoms with Gasteiger partial charge in [0, 0.05) is 29.7 Å². The summed E-state index contributed by atoms with van der Waals surface area (Å²) in [5, 5.41) is 3.78. The molecule has 2 amide bonds. The number of nitrogens with one attached hydrogen (secondary N) is 2. The highest BCUT2D eigenvalue weighted by atomic mass is 16.5. The van der Waals surface area contributed by atoms with Gasteiger partial charge in [-0.3, -0.25) is 9.59 Å². The molecule has 0 aliphatic carbocycles. The molecule has 0 atom stereocenters. The summed E-state index contributed by atoms with van der Waals surface area (Å²) in [5.41, 5.74) is 4.12. The van der Waals surface area contributed by atoms with Crippen LogP contribution in [0.2, 0.25) is 0 Å². The first-order valence-electron chi connectivity index (χ1n) is 8.67. The summed E-state index contributed by atoms with van der Waals surface area (Å²) >= 11 is 0. The minimum Gasteiger partial charge on any atom is -0.497 e. The van der Waals surface area contributed by atoms with Gasteiger partial charge in [0.2, 0.25) is 5.91 Å². The number of likely N-dealkylation sites (N-methyl/N-ethyl adjacent to an activating group) is 1. The van der Waals surface area contributed by atoms with Crippen LogP contribution < -0.4 is 10.1 Å². The second kappa shape index (κ2) is 7.53. The van der Waals surface area contributed by atoms with Crippen molar-refractivity contribution >= 4 is 28.4 Å². The Morgan fingerprint density at radius 2 is 1.93 bits per heavy atom. The van der Waals surface area contributed by atoms with Gasteiger partial charge in [-0.1, -0.05) is 12.1 Å². The third-order valence-corrected chi connectivity index (χ3v) is 4.67. The van der Waals surface area contributed by atoms with Crippen molar-refractivity contribution in [3.8, 4) is 5.75 Å². The number of anilines is 1. The van der Waals surface area contributed by atoms with Gasteiger partial charge in [0.1, 0.15) is 11.4 Å². The number of fused-ring (bicyclic) bond motifs is 1. The molecule has 6 nitrogen and oxygen atoms in total. The summed E-state index contributed by atoms with van der Waals surface area (Å²) in [6, 6.07) is 13.1. The Morgan fingerprint density at radius 3 is 2.67 bits per heavy atom. The fourth-order valence-corrected chi connectivity index (χ4v) is 2.92. The van der Waals surface area contributed by atoms with Crippen LogP contribution in [0.1, 0.15) is 21.6 Å². The fraction of sp³-hybridized carbons (Fsp3) is 0.238. The largest absolute Gasteiger partial charge is 0.497 e. The molecule has 3 aromatic rings. The molecule has 0 spiro atoms. The zero-order valence-corrected chi connectivity index (χ0v) is 15.9. The zero-order valence-electron chi connectivity index (χ0n) is 15.9. The Kier molecular flexibility index (Phi) is 5.16. The van der Waals surface area contributed by atoms with Crippen LogP contribution in [-0.2, 0) is 4.79 Å². The molecule has 140 valence electrons. The molecule has 0 aliphatic rings. The molecule has 0 unspecified atom stereocenters. The van der Waals surface area contributed by atoms with Gasteiger partial charge < -0.3 is 19.9 Å². The number of amides is 2. The van der Waals surface area contributed by atoms with Gasteiger partial charge in [-0.25, -0.2) is 0 Å². The first-order valence-corrected chi connectivity index (χ1v) is 8.67. The molecule has 1 aromatic heterocycles. The van der Waals surface area contributed by atoms with Gasteiger partial charge in [0.25, 0.3) is 5.91 Å². The average Bonchev–Trinajstić information content (AvgIpc) is 3.07. The van der Waals surface area contributed by atoms with Crippen LogP contribution in [0.15, 0.2) is 42.5 Å². The fourth-order valence-electron chi connectivity index (χ4n) is 2.92. The maximum Gasteiger partial charge on any atom is 0.270 e. The van der Waals surface area contributed by atoms with E-state index < -0.39 is 0 Å². The lowest BCUT2D eigenvalue weighted by Crippen LogP contribution is -2.35. The van der Waals surface area contributed by atoms with Crippen molar-refractivity contribution < 1.29 is 14.3 Å². The van der Waals surface area contributed by atoms with E-state index in [1.54, 1.807) is 20.2 Å². The molecule has 0 radical (unpaired) electrons. The second-order valence-electron chi connectivity index (χ2n) is 6.59. The minimum absolute atomic E-state index is 0.0368. The number of carbonyl (C=O) groups excluding carboxylic acids is 2. The molecule has 0 fully saturated rings. The van der Waals surface area contributed by atoms with Gasteiger partial charge >= 0.3 is 0 Å². The number of methoxy groups -OCH3 is 1. The van der Waals surface area contributed by atoms with Crippen molar-refractivity contribution in [2.75, 3.05) is 26.0 Å². The Morgan fingerprint density at radius 1 is 1.15 bits per heavy atom. The lowest BCUT2D eigenvalue weighted by Gasteiger charge is -2.17. The Bertz CT molecular complexity index is 1010. The highest BCUT2D eigenvalue weighted by Crippen LogP contribution is 2.22. The number of aryl methyl sites for hydroxylation is 1. The van der Waals surface area contributed by atoms with Crippen LogP contribution in [-0.4, -0.2) is 42.4 Å². The molecule has 2 N–H and O–H groups in total. The highest BCUT2D eigenvalue weighted by Gasteiger charge is 2.18. The number of H-pyrrole nitrogens is 1. The van der Waals surface area contributed by atoms with Gasteiger partial charge in [0.15, 0.2) is 0 Å². The number of rotatable bonds is 5. The van der Waals surface area contributed by atoms with E-state index in [1.807, 2.05) is 50.2 Å². The summed E-state index contributed by atoms with van der Waals surface area (Å²) in [5.74, 6) is 0.225. The van der Waals surface area contributed by atoms with Crippen LogP contribution in [0.25, 0.3) is 10.9 Å². The molecule has 0 aliphatic heterocycles. The summed E-state index contributed by atoms with van der Waals surface area (Å²) in [6.07, 6.45) is 0. The normalized spacial score (nSPS) is 10.7. The van der Waals surface area contributed by atoms with Crippen LogP contribution in [0, 0.1) is 13.8 Å². The number of carbonyl (C=O) groups is 2. The van der Waals surface area contributed by atoms with Gasteiger partial charge in [-0.15, -0.1) is 0 Å². The molecule has 2 aromatic carbocycles. The van der Waals surface area contributed by atoms with Gasteiger partial charge in [-0.2, -0.15) is 0 Å². The Balaban J connectivity index is 1.70. The zero-order chi connectivity index (χ0) is 19.6. The third-order valence-electron chi connectivity index (χ3n) is 4.67. The average molecular weight is 365 g/mol. The summed E-state index contributed by atoms with van der Waals surface area (Å²) < 4.78 is 5.20. The number of nitrogens with zero attached hydrogens (tertiary/aromatic N) is 1. The molecule has 27 heavy (non-hydrogen) atoms. The summed E-state index contributed by atoms with van der Waals surface area (Å²) in [7, 11) is 3.20. The van der Waals surface area contributed by atoms with Crippen LogP contribution in [0.3, 0.4) is 0 Å². The molecule has 0 saturated carbocycles. The summed E-state index contributed by atoms with van der Waals surface area (Å²) in [6.45, 7) is 3.91. The Hall–Kier alpha value is -3.28. The molecule has 0 saturated heterocycles. The van der Waals surface area contributed by atoms with E-state index in [1.165, 1.54) is 4.90 Å². The standard InChI is InChI=1S/C21H23N3O3/c1-13-6-5-7-17(14(13)2)23-20(25)12-24(3)21(26)19-10-15-8-9-16(27-4)11-18(15)22-19/h5-11,22H,12H2,1-4H3,(H,23,25). The SMILES string of the molecule is COc1ccc2cc(C(=O)N(C)CC(=O)Nc3cccc(C)c3C)[nH]c2c1. The number of aromatic nitrogens is 1. The van der Waals surface area contributed by atoms with Crippen LogP contribution in [0.4, 0.5) is 5.69 Å². The number of hydrogen-bond acceptors (Lipinski definition) is 3. The molecular formula is C21H23N3O3. The lowest BCUT2D eigenvalue weighted by atomic mass is 10.1. The van der Waals surface area contributed by atoms with Crippen molar-refractivity contribution in [1.82, 2.24) is 9.88 Å². The topological polar surface area (TPSA) is 74.4 Å². The predicted octanol–water partition coefficient (Wildman–Crippen LogP) is 3.50. The van der Waals surface area contributed by atoms with Crippen molar-refractivity contribution in [1.29, 1.82) is 0 Å². The van der Waals surface area contributed by atoms with E-state index in [0.717, 1.165) is 27.7 Å². The van der Waals surface area contributed by atoms with E-state index >= 15 is 0 Å². The minimum atomic E-state index is -0.249. The highest BCUT2D eigenvalue weighted by molar-refractivity contribution is 6.01. The van der Waals surface area contributed by atoms with E-state index in [9.17, 15) is 9.59 Å². The maximum atomic E-state index is 12.7. The Labute approximate surface area is 158 Å². The van der Waals surface area contributed by atoms with Crippen molar-refractivity contribution in [3.63, 3.8) is 0 Å². The second-order valence-corrected chi connectivity index (χ2v) is 6.59. The molecule has 0 bridgehead atoms. The number of benzene rings is 2. The first kappa shape index (κ1) is 18.5. The van der Waals surface area contributed by atoms with Gasteiger partial charge in [-0.05, 0) is 49.2 Å². The van der Waals surface area contributed by atoms with Gasteiger partial charge in [0.05, 0.1) is 13.7 Å². The van der Waals surface area contributed by atoms with Crippen molar-refractivity contribution in [2.24, 2.45) is 0 Å². The summed E-state index contributed by atoms with van der Waals surface area (Å²) in [4.78, 5) is 29.5.